The minimum Gasteiger partial charge on any atom is -0.393 e. The molecule has 0 spiro atoms. The Kier molecular flexibility index (Phi) is 4.59. The second kappa shape index (κ2) is 7.17. The number of carbonyl (C=O) groups is 2. The van der Waals surface area contributed by atoms with Crippen LogP contribution in [0.3, 0.4) is 0 Å². The van der Waals surface area contributed by atoms with Crippen molar-refractivity contribution in [2.45, 2.75) is 44.4 Å². The van der Waals surface area contributed by atoms with Crippen molar-refractivity contribution in [1.82, 2.24) is 25.0 Å². The first-order chi connectivity index (χ1) is 14.4. The summed E-state index contributed by atoms with van der Waals surface area (Å²) >= 11 is 0. The molecular weight excluding hydrogens is 386 g/mol. The molecule has 2 aromatic rings. The molecule has 0 aromatic carbocycles. The molecule has 3 heterocycles. The van der Waals surface area contributed by atoms with E-state index in [1.54, 1.807) is 30.2 Å². The number of hydrogen-bond donors (Lipinski definition) is 3. The first-order valence-electron chi connectivity index (χ1n) is 10.4. The van der Waals surface area contributed by atoms with Crippen molar-refractivity contribution in [3.05, 3.63) is 41.2 Å². The van der Waals surface area contributed by atoms with E-state index in [2.05, 4.69) is 15.5 Å². The van der Waals surface area contributed by atoms with Crippen LogP contribution in [0.15, 0.2) is 30.0 Å². The zero-order valence-electron chi connectivity index (χ0n) is 16.7. The lowest BCUT2D eigenvalue weighted by Gasteiger charge is -2.22. The molecule has 1 saturated heterocycles. The van der Waals surface area contributed by atoms with Crippen LogP contribution in [0.2, 0.25) is 0 Å². The van der Waals surface area contributed by atoms with Crippen molar-refractivity contribution in [2.24, 2.45) is 11.8 Å². The smallest absolute Gasteiger partial charge is 0.258 e. The van der Waals surface area contributed by atoms with E-state index < -0.39 is 12.1 Å². The summed E-state index contributed by atoms with van der Waals surface area (Å²) in [5.41, 5.74) is 2.32. The van der Waals surface area contributed by atoms with Gasteiger partial charge in [-0.2, -0.15) is 14.8 Å². The summed E-state index contributed by atoms with van der Waals surface area (Å²) in [7, 11) is 0. The minimum atomic E-state index is -0.843. The number of nitrogens with zero attached hydrogens (tertiary/aromatic N) is 4. The van der Waals surface area contributed by atoms with Gasteiger partial charge in [0.15, 0.2) is 0 Å². The molecule has 2 fully saturated rings. The van der Waals surface area contributed by atoms with Gasteiger partial charge in [0.05, 0.1) is 29.5 Å². The number of aryl methyl sites for hydroxylation is 1. The van der Waals surface area contributed by atoms with Crippen LogP contribution >= 0.6 is 0 Å². The monoisotopic (exact) mass is 411 g/mol. The number of hydrogen-bond acceptors (Lipinski definition) is 6. The Morgan fingerprint density at radius 2 is 2.03 bits per heavy atom. The number of amides is 2. The molecule has 5 rings (SSSR count). The Balaban J connectivity index is 1.29. The average molecular weight is 411 g/mol. The van der Waals surface area contributed by atoms with Crippen molar-refractivity contribution < 1.29 is 19.8 Å². The Morgan fingerprint density at radius 3 is 2.83 bits per heavy atom. The quantitative estimate of drug-likeness (QED) is 0.657. The fourth-order valence-corrected chi connectivity index (χ4v) is 5.09. The van der Waals surface area contributed by atoms with Crippen LogP contribution in [0.4, 0.5) is 0 Å². The van der Waals surface area contributed by atoms with Gasteiger partial charge in [0, 0.05) is 30.8 Å². The van der Waals surface area contributed by atoms with E-state index in [4.69, 9.17) is 0 Å². The zero-order valence-corrected chi connectivity index (χ0v) is 16.7. The van der Waals surface area contributed by atoms with Gasteiger partial charge in [-0.25, -0.2) is 0 Å². The maximum atomic E-state index is 13.1. The lowest BCUT2D eigenvalue weighted by atomic mass is 9.89. The number of β-amino-alcohol motifs (C(OH)–C–C–N with tert-alkyl or cyclic N) is 1. The second-order valence-corrected chi connectivity index (χ2v) is 8.68. The largest absolute Gasteiger partial charge is 0.393 e. The predicted molar refractivity (Wildman–Crippen MR) is 106 cm³/mol. The van der Waals surface area contributed by atoms with Crippen LogP contribution < -0.4 is 5.32 Å². The summed E-state index contributed by atoms with van der Waals surface area (Å²) in [6, 6.07) is 2.99. The summed E-state index contributed by atoms with van der Waals surface area (Å²) in [5.74, 6) is -0.0596. The summed E-state index contributed by atoms with van der Waals surface area (Å²) in [6.45, 7) is 2.13. The summed E-state index contributed by atoms with van der Waals surface area (Å²) in [5, 5.41) is 31.8. The van der Waals surface area contributed by atoms with E-state index in [1.807, 2.05) is 6.08 Å². The van der Waals surface area contributed by atoms with Gasteiger partial charge in [-0.3, -0.25) is 9.59 Å². The molecule has 2 aliphatic carbocycles. The number of fused-ring (bicyclic) bond motifs is 3. The van der Waals surface area contributed by atoms with Crippen LogP contribution in [-0.2, 0) is 4.79 Å². The summed E-state index contributed by atoms with van der Waals surface area (Å²) in [6.07, 6.45) is 4.59. The third-order valence-electron chi connectivity index (χ3n) is 6.59. The standard InChI is InChI=1S/C21H25N5O4/c1-11-19(16-3-2-4-22-26(16)24-11)21(30)25-9-15(18(28)10-25)23-20(29)14-6-12-5-13(8-14)17(27)7-12/h2-4,8,12-13,15,17-18,27-28H,5-7,9-10H2,1H3,(H,23,29)/t12-,13+,15-,17-,18-/m1/s1. The Morgan fingerprint density at radius 1 is 1.20 bits per heavy atom. The highest BCUT2D eigenvalue weighted by Crippen LogP contribution is 2.41. The van der Waals surface area contributed by atoms with Gasteiger partial charge in [0.2, 0.25) is 5.91 Å². The van der Waals surface area contributed by atoms with E-state index in [-0.39, 0.29) is 36.9 Å². The van der Waals surface area contributed by atoms with Gasteiger partial charge in [0.1, 0.15) is 5.52 Å². The molecule has 1 aliphatic heterocycles. The number of aliphatic hydroxyl groups is 2. The van der Waals surface area contributed by atoms with E-state index >= 15 is 0 Å². The molecule has 9 heteroatoms. The van der Waals surface area contributed by atoms with Gasteiger partial charge >= 0.3 is 0 Å². The van der Waals surface area contributed by atoms with Crippen molar-refractivity contribution >= 4 is 17.3 Å². The third-order valence-corrected chi connectivity index (χ3v) is 6.59. The highest BCUT2D eigenvalue weighted by Gasteiger charge is 2.40. The number of nitrogens with one attached hydrogen (secondary N) is 1. The fraction of sp³-hybridized carbons (Fsp3) is 0.524. The molecule has 158 valence electrons. The molecule has 2 aromatic heterocycles. The van der Waals surface area contributed by atoms with Crippen LogP contribution in [0.25, 0.3) is 5.52 Å². The maximum Gasteiger partial charge on any atom is 0.258 e. The van der Waals surface area contributed by atoms with Crippen molar-refractivity contribution in [1.29, 1.82) is 0 Å². The molecule has 5 atom stereocenters. The number of likely N-dealkylation sites (tertiary alicyclic amines) is 1. The lowest BCUT2D eigenvalue weighted by Crippen LogP contribution is -2.44. The van der Waals surface area contributed by atoms with Crippen molar-refractivity contribution in [3.63, 3.8) is 0 Å². The topological polar surface area (TPSA) is 120 Å². The first-order valence-corrected chi connectivity index (χ1v) is 10.4. The summed E-state index contributed by atoms with van der Waals surface area (Å²) < 4.78 is 1.42. The Bertz CT molecular complexity index is 1050. The minimum absolute atomic E-state index is 0.0447. The molecule has 3 aliphatic rings. The van der Waals surface area contributed by atoms with E-state index in [0.29, 0.717) is 34.7 Å². The molecule has 2 bridgehead atoms. The summed E-state index contributed by atoms with van der Waals surface area (Å²) in [4.78, 5) is 27.4. The zero-order chi connectivity index (χ0) is 21.0. The number of aromatic nitrogens is 3. The van der Waals surface area contributed by atoms with Crippen LogP contribution in [0, 0.1) is 18.8 Å². The van der Waals surface area contributed by atoms with Crippen LogP contribution in [-0.4, -0.2) is 73.1 Å². The number of carbonyl (C=O) groups excluding carboxylic acids is 2. The van der Waals surface area contributed by atoms with Gasteiger partial charge in [-0.15, -0.1) is 0 Å². The first kappa shape index (κ1) is 19.2. The normalized spacial score (nSPS) is 30.6. The second-order valence-electron chi connectivity index (χ2n) is 8.68. The maximum absolute atomic E-state index is 13.1. The number of aliphatic hydroxyl groups excluding tert-OH is 2. The number of rotatable bonds is 3. The fourth-order valence-electron chi connectivity index (χ4n) is 5.09. The highest BCUT2D eigenvalue weighted by atomic mass is 16.3. The van der Waals surface area contributed by atoms with Crippen molar-refractivity contribution in [3.8, 4) is 0 Å². The van der Waals surface area contributed by atoms with E-state index in [9.17, 15) is 19.8 Å². The van der Waals surface area contributed by atoms with Crippen LogP contribution in [0.1, 0.15) is 35.3 Å². The molecule has 9 nitrogen and oxygen atoms in total. The predicted octanol–water partition coefficient (Wildman–Crippen LogP) is 0.0564. The van der Waals surface area contributed by atoms with Gasteiger partial charge in [-0.1, -0.05) is 6.08 Å². The molecule has 30 heavy (non-hydrogen) atoms. The SMILES string of the molecule is Cc1nn2ncccc2c1C(=O)N1C[C@@H](O)[C@H](NC(=O)C2=C[C@@H]3C[C@H](C2)C[C@H]3O)C1. The Labute approximate surface area is 173 Å². The molecule has 2 amide bonds. The van der Waals surface area contributed by atoms with Gasteiger partial charge in [-0.05, 0) is 44.2 Å². The molecule has 0 radical (unpaired) electrons. The average Bonchev–Trinajstić information content (AvgIpc) is 3.33. The Hall–Kier alpha value is -2.78. The third kappa shape index (κ3) is 3.18. The van der Waals surface area contributed by atoms with E-state index in [1.165, 1.54) is 4.63 Å². The molecule has 0 unspecified atom stereocenters. The molecular formula is C21H25N5O4. The highest BCUT2D eigenvalue weighted by molar-refractivity contribution is 6.02. The van der Waals surface area contributed by atoms with Crippen LogP contribution in [0.5, 0.6) is 0 Å². The molecule has 3 N–H and O–H groups in total. The van der Waals surface area contributed by atoms with Gasteiger partial charge in [0.25, 0.3) is 5.91 Å². The van der Waals surface area contributed by atoms with E-state index in [0.717, 1.165) is 12.8 Å². The van der Waals surface area contributed by atoms with Crippen molar-refractivity contribution in [2.75, 3.05) is 13.1 Å². The molecule has 1 saturated carbocycles. The van der Waals surface area contributed by atoms with Gasteiger partial charge < -0.3 is 20.4 Å². The lowest BCUT2D eigenvalue weighted by molar-refractivity contribution is -0.119.